The molecule has 2 fully saturated rings. The van der Waals surface area contributed by atoms with E-state index in [0.29, 0.717) is 34.4 Å². The molecule has 3 aliphatic carbocycles. The zero-order valence-electron chi connectivity index (χ0n) is 27.6. The number of amides is 2. The molecular formula is C42H35NO7. The van der Waals surface area contributed by atoms with E-state index in [1.165, 1.54) is 25.2 Å². The van der Waals surface area contributed by atoms with Gasteiger partial charge in [-0.05, 0) is 65.8 Å². The zero-order valence-corrected chi connectivity index (χ0v) is 27.6. The number of para-hydroxylation sites is 1. The Bertz CT molecular complexity index is 2080. The lowest BCUT2D eigenvalue weighted by molar-refractivity contribution is -0.135. The van der Waals surface area contributed by atoms with E-state index in [1.807, 2.05) is 72.8 Å². The first-order chi connectivity index (χ1) is 24.3. The predicted octanol–water partition coefficient (Wildman–Crippen LogP) is 6.44. The molecule has 0 spiro atoms. The number of phenols is 1. The Morgan fingerprint density at radius 3 is 1.98 bits per heavy atom. The van der Waals surface area contributed by atoms with Gasteiger partial charge in [0.25, 0.3) is 0 Å². The van der Waals surface area contributed by atoms with Crippen LogP contribution in [0.3, 0.4) is 0 Å². The average molecular weight is 666 g/mol. The number of ketones is 2. The van der Waals surface area contributed by atoms with Crippen molar-refractivity contribution in [1.82, 2.24) is 0 Å². The van der Waals surface area contributed by atoms with E-state index in [9.17, 15) is 14.7 Å². The second-order valence-corrected chi connectivity index (χ2v) is 13.4. The van der Waals surface area contributed by atoms with E-state index in [1.54, 1.807) is 36.4 Å². The van der Waals surface area contributed by atoms with Crippen molar-refractivity contribution < 1.29 is 33.8 Å². The minimum atomic E-state index is -1.41. The van der Waals surface area contributed by atoms with Crippen molar-refractivity contribution in [2.45, 2.75) is 24.2 Å². The summed E-state index contributed by atoms with van der Waals surface area (Å²) in [5.74, 6) is -4.41. The molecule has 1 heterocycles. The number of Topliss-reactive ketones (excluding diaryl/α,β-unsaturated/α-hetero) is 1. The lowest BCUT2D eigenvalue weighted by Crippen LogP contribution is -2.58. The highest BCUT2D eigenvalue weighted by atomic mass is 16.5. The number of fused-ring (bicyclic) bond motifs is 4. The summed E-state index contributed by atoms with van der Waals surface area (Å²) in [7, 11) is 2.88. The highest BCUT2D eigenvalue weighted by molar-refractivity contribution is 6.32. The molecule has 1 saturated carbocycles. The summed E-state index contributed by atoms with van der Waals surface area (Å²) in [6, 6.07) is 30.8. The van der Waals surface area contributed by atoms with Gasteiger partial charge in [-0.3, -0.25) is 24.1 Å². The highest BCUT2D eigenvalue weighted by Gasteiger charge is 2.66. The molecular weight excluding hydrogens is 630 g/mol. The molecule has 1 N–H and O–H groups in total. The van der Waals surface area contributed by atoms with E-state index in [4.69, 9.17) is 9.47 Å². The van der Waals surface area contributed by atoms with Crippen LogP contribution in [0.1, 0.15) is 35.4 Å². The van der Waals surface area contributed by atoms with Gasteiger partial charge in [-0.2, -0.15) is 0 Å². The van der Waals surface area contributed by atoms with Crippen LogP contribution < -0.4 is 14.4 Å². The molecule has 1 saturated heterocycles. The monoisotopic (exact) mass is 665 g/mol. The number of hydrogen-bond acceptors (Lipinski definition) is 7. The van der Waals surface area contributed by atoms with E-state index >= 15 is 9.59 Å². The maximum atomic E-state index is 15.2. The topological polar surface area (TPSA) is 110 Å². The van der Waals surface area contributed by atoms with Gasteiger partial charge in [0.15, 0.2) is 23.1 Å². The second-order valence-electron chi connectivity index (χ2n) is 13.4. The molecule has 50 heavy (non-hydrogen) atoms. The zero-order chi connectivity index (χ0) is 34.7. The summed E-state index contributed by atoms with van der Waals surface area (Å²) < 4.78 is 11.2. The molecule has 4 aromatic carbocycles. The van der Waals surface area contributed by atoms with Crippen LogP contribution in [0.5, 0.6) is 17.2 Å². The van der Waals surface area contributed by atoms with Gasteiger partial charge < -0.3 is 14.6 Å². The number of allylic oxidation sites excluding steroid dienone is 4. The fourth-order valence-electron chi connectivity index (χ4n) is 9.16. The van der Waals surface area contributed by atoms with Crippen LogP contribution in [0.4, 0.5) is 5.69 Å². The average Bonchev–Trinajstić information content (AvgIpc) is 3.42. The van der Waals surface area contributed by atoms with Crippen molar-refractivity contribution in [2.75, 3.05) is 19.1 Å². The molecule has 4 aliphatic rings. The van der Waals surface area contributed by atoms with Crippen LogP contribution >= 0.6 is 0 Å². The lowest BCUT2D eigenvalue weighted by atomic mass is 9.44. The number of carbonyl (C=O) groups excluding carboxylic acids is 4. The Balaban J connectivity index is 1.40. The molecule has 1 aliphatic heterocycles. The van der Waals surface area contributed by atoms with Crippen LogP contribution in [-0.2, 0) is 24.6 Å². The maximum absolute atomic E-state index is 15.2. The molecule has 6 atom stereocenters. The number of phenolic OH excluding ortho intramolecular Hbond substituents is 1. The number of carbonyl (C=O) groups is 4. The van der Waals surface area contributed by atoms with Gasteiger partial charge in [0, 0.05) is 17.4 Å². The number of rotatable bonds is 6. The third kappa shape index (κ3) is 4.44. The molecule has 4 aromatic rings. The Kier molecular flexibility index (Phi) is 7.55. The number of benzene rings is 4. The number of hydrogen-bond donors (Lipinski definition) is 1. The van der Waals surface area contributed by atoms with Gasteiger partial charge in [0.1, 0.15) is 0 Å². The van der Waals surface area contributed by atoms with Crippen molar-refractivity contribution >= 4 is 34.6 Å². The minimum absolute atomic E-state index is 0.146. The predicted molar refractivity (Wildman–Crippen MR) is 187 cm³/mol. The number of methoxy groups -OCH3 is 2. The number of ether oxygens (including phenoxy) is 2. The standard InChI is InChI=1S/C42H35NO7/c1-49-33-20-25(21-34(50-2)39(33)46)37-28-18-19-29-36(41(48)43(40(29)47)27-16-10-5-11-17-27)31(28)22-32-38(45)30(24-12-6-3-7-13-24)23-35(44)42(32,37)26-14-8-4-9-15-26/h3-18,20-21,23,29,31-32,36-37,46H,19,22H2,1-2H3. The van der Waals surface area contributed by atoms with Crippen molar-refractivity contribution in [3.05, 3.63) is 138 Å². The summed E-state index contributed by atoms with van der Waals surface area (Å²) in [6.07, 6.45) is 3.99. The molecule has 8 nitrogen and oxygen atoms in total. The molecule has 0 aromatic heterocycles. The van der Waals surface area contributed by atoms with E-state index < -0.39 is 35.0 Å². The van der Waals surface area contributed by atoms with Gasteiger partial charge in [0.05, 0.1) is 37.2 Å². The fraction of sp³-hybridized carbons (Fsp3) is 0.238. The van der Waals surface area contributed by atoms with E-state index in [0.717, 1.165) is 5.57 Å². The van der Waals surface area contributed by atoms with E-state index in [-0.39, 0.29) is 47.1 Å². The summed E-state index contributed by atoms with van der Waals surface area (Å²) in [5, 5.41) is 11.0. The van der Waals surface area contributed by atoms with Crippen LogP contribution in [0.25, 0.3) is 5.57 Å². The van der Waals surface area contributed by atoms with Gasteiger partial charge in [-0.1, -0.05) is 90.5 Å². The van der Waals surface area contributed by atoms with Crippen molar-refractivity contribution in [2.24, 2.45) is 23.7 Å². The number of nitrogens with zero attached hydrogens (tertiary/aromatic N) is 1. The van der Waals surface area contributed by atoms with Gasteiger partial charge in [-0.15, -0.1) is 0 Å². The normalized spacial score (nSPS) is 27.2. The summed E-state index contributed by atoms with van der Waals surface area (Å²) in [6.45, 7) is 0. The molecule has 250 valence electrons. The first-order valence-corrected chi connectivity index (χ1v) is 16.8. The quantitative estimate of drug-likeness (QED) is 0.187. The SMILES string of the molecule is COc1cc(C2C3=CCC4C(=O)N(c5ccccc5)C(=O)C4C3CC3C(=O)C(c4ccccc4)=CC(=O)C32c2ccccc2)cc(OC)c1O. The van der Waals surface area contributed by atoms with Crippen molar-refractivity contribution in [3.63, 3.8) is 0 Å². The fourth-order valence-corrected chi connectivity index (χ4v) is 9.16. The van der Waals surface area contributed by atoms with Gasteiger partial charge in [-0.25, -0.2) is 0 Å². The first-order valence-electron chi connectivity index (χ1n) is 16.8. The number of aromatic hydroxyl groups is 1. The van der Waals surface area contributed by atoms with E-state index in [2.05, 4.69) is 0 Å². The Morgan fingerprint density at radius 1 is 0.760 bits per heavy atom. The summed E-state index contributed by atoms with van der Waals surface area (Å²) >= 11 is 0. The Morgan fingerprint density at radius 2 is 1.36 bits per heavy atom. The largest absolute Gasteiger partial charge is 0.502 e. The number of anilines is 1. The van der Waals surface area contributed by atoms with Crippen molar-refractivity contribution in [1.29, 1.82) is 0 Å². The summed E-state index contributed by atoms with van der Waals surface area (Å²) in [4.78, 5) is 60.0. The van der Waals surface area contributed by atoms with Crippen LogP contribution in [0.15, 0.2) is 121 Å². The third-order valence-corrected chi connectivity index (χ3v) is 11.2. The molecule has 8 heteroatoms. The van der Waals surface area contributed by atoms with Crippen LogP contribution in [0.2, 0.25) is 0 Å². The smallest absolute Gasteiger partial charge is 0.238 e. The Labute approximate surface area is 289 Å². The summed E-state index contributed by atoms with van der Waals surface area (Å²) in [5.41, 5.74) is 2.14. The molecule has 6 unspecified atom stereocenters. The second kappa shape index (κ2) is 12.0. The first kappa shape index (κ1) is 31.5. The van der Waals surface area contributed by atoms with Gasteiger partial charge >= 0.3 is 0 Å². The highest BCUT2D eigenvalue weighted by Crippen LogP contribution is 2.64. The molecule has 0 radical (unpaired) electrons. The number of imide groups is 1. The van der Waals surface area contributed by atoms with Crippen molar-refractivity contribution in [3.8, 4) is 17.2 Å². The molecule has 2 amide bonds. The van der Waals surface area contributed by atoms with Gasteiger partial charge in [0.2, 0.25) is 17.6 Å². The van der Waals surface area contributed by atoms with Crippen LogP contribution in [-0.4, -0.2) is 42.7 Å². The third-order valence-electron chi connectivity index (χ3n) is 11.2. The maximum Gasteiger partial charge on any atom is 0.238 e. The Hall–Kier alpha value is -5.76. The lowest BCUT2D eigenvalue weighted by Gasteiger charge is -2.55. The minimum Gasteiger partial charge on any atom is -0.502 e. The van der Waals surface area contributed by atoms with Crippen LogP contribution in [0, 0.1) is 23.7 Å². The molecule has 8 rings (SSSR count). The molecule has 0 bridgehead atoms.